The van der Waals surface area contributed by atoms with Crippen LogP contribution in [0.3, 0.4) is 0 Å². The van der Waals surface area contributed by atoms with E-state index in [9.17, 15) is 35.5 Å². The molecule has 19 heavy (non-hydrogen) atoms. The SMILES string of the molecule is CCOC(=O)C[C@H](N)C(F)(F)C(F)(F)C(F)(F)F.Cl. The molecule has 1 atom stereocenters. The Morgan fingerprint density at radius 1 is 1.16 bits per heavy atom. The molecule has 0 aromatic rings. The first-order valence-electron chi connectivity index (χ1n) is 4.61. The molecule has 0 radical (unpaired) electrons. The molecule has 0 aliphatic heterocycles. The van der Waals surface area contributed by atoms with Crippen LogP contribution in [-0.2, 0) is 9.53 Å². The van der Waals surface area contributed by atoms with Crippen LogP contribution in [0.4, 0.5) is 30.7 Å². The number of hydrogen-bond donors (Lipinski definition) is 1. The highest BCUT2D eigenvalue weighted by Gasteiger charge is 2.74. The van der Waals surface area contributed by atoms with Crippen LogP contribution >= 0.6 is 12.4 Å². The van der Waals surface area contributed by atoms with E-state index in [0.29, 0.717) is 0 Å². The van der Waals surface area contributed by atoms with E-state index < -0.39 is 36.5 Å². The molecular formula is C8H11ClF7NO2. The third-order valence-electron chi connectivity index (χ3n) is 1.93. The lowest BCUT2D eigenvalue weighted by Crippen LogP contribution is -2.60. The van der Waals surface area contributed by atoms with Crippen LogP contribution in [0.1, 0.15) is 13.3 Å². The molecule has 0 fully saturated rings. The summed E-state index contributed by atoms with van der Waals surface area (Å²) in [5.74, 6) is -13.3. The maximum atomic E-state index is 12.9. The van der Waals surface area contributed by atoms with Gasteiger partial charge in [0.25, 0.3) is 0 Å². The summed E-state index contributed by atoms with van der Waals surface area (Å²) in [4.78, 5) is 10.7. The number of carbonyl (C=O) groups excluding carboxylic acids is 1. The Morgan fingerprint density at radius 3 is 1.89 bits per heavy atom. The topological polar surface area (TPSA) is 52.3 Å². The summed E-state index contributed by atoms with van der Waals surface area (Å²) >= 11 is 0. The zero-order valence-electron chi connectivity index (χ0n) is 9.44. The molecule has 0 spiro atoms. The molecule has 0 bridgehead atoms. The Balaban J connectivity index is 0. The van der Waals surface area contributed by atoms with Crippen LogP contribution in [0.2, 0.25) is 0 Å². The van der Waals surface area contributed by atoms with E-state index in [4.69, 9.17) is 0 Å². The van der Waals surface area contributed by atoms with Crippen molar-refractivity contribution in [2.75, 3.05) is 6.61 Å². The zero-order valence-corrected chi connectivity index (χ0v) is 10.3. The molecule has 0 saturated heterocycles. The van der Waals surface area contributed by atoms with Gasteiger partial charge in [-0.05, 0) is 6.92 Å². The number of esters is 1. The number of carbonyl (C=O) groups is 1. The largest absolute Gasteiger partial charge is 0.466 e. The first kappa shape index (κ1) is 20.5. The fourth-order valence-electron chi connectivity index (χ4n) is 0.949. The number of alkyl halides is 7. The average molecular weight is 322 g/mol. The molecule has 0 aromatic heterocycles. The van der Waals surface area contributed by atoms with Crippen molar-refractivity contribution in [3.8, 4) is 0 Å². The third kappa shape index (κ3) is 4.37. The van der Waals surface area contributed by atoms with Crippen molar-refractivity contribution in [2.45, 2.75) is 37.4 Å². The summed E-state index contributed by atoms with van der Waals surface area (Å²) in [6.07, 6.45) is -7.92. The van der Waals surface area contributed by atoms with Gasteiger partial charge in [0, 0.05) is 0 Å². The van der Waals surface area contributed by atoms with Crippen molar-refractivity contribution in [3.63, 3.8) is 0 Å². The van der Waals surface area contributed by atoms with Crippen LogP contribution in [0.5, 0.6) is 0 Å². The van der Waals surface area contributed by atoms with Gasteiger partial charge in [-0.2, -0.15) is 30.7 Å². The Morgan fingerprint density at radius 2 is 1.58 bits per heavy atom. The minimum atomic E-state index is -6.47. The maximum absolute atomic E-state index is 12.9. The predicted octanol–water partition coefficient (Wildman–Crippen LogP) is 2.52. The Labute approximate surface area is 109 Å². The molecule has 0 aliphatic carbocycles. The van der Waals surface area contributed by atoms with E-state index in [1.54, 1.807) is 0 Å². The second kappa shape index (κ2) is 6.60. The van der Waals surface area contributed by atoms with Crippen LogP contribution in [0, 0.1) is 0 Å². The molecule has 0 unspecified atom stereocenters. The normalized spacial score (nSPS) is 14.6. The quantitative estimate of drug-likeness (QED) is 0.625. The van der Waals surface area contributed by atoms with Crippen molar-refractivity contribution in [1.29, 1.82) is 0 Å². The van der Waals surface area contributed by atoms with Crippen molar-refractivity contribution in [3.05, 3.63) is 0 Å². The average Bonchev–Trinajstić information content (AvgIpc) is 2.15. The lowest BCUT2D eigenvalue weighted by molar-refractivity contribution is -0.358. The fraction of sp³-hybridized carbons (Fsp3) is 0.875. The van der Waals surface area contributed by atoms with Crippen molar-refractivity contribution in [1.82, 2.24) is 0 Å². The third-order valence-corrected chi connectivity index (χ3v) is 1.93. The van der Waals surface area contributed by atoms with E-state index in [-0.39, 0.29) is 19.0 Å². The fourth-order valence-corrected chi connectivity index (χ4v) is 0.949. The van der Waals surface area contributed by atoms with Gasteiger partial charge in [-0.15, -0.1) is 12.4 Å². The standard InChI is InChI=1S/C8H10F7NO2.ClH/c1-2-18-5(17)3-4(16)6(9,10)7(11,12)8(13,14)15;/h4H,2-3,16H2,1H3;1H/t4-;/m0./s1. The van der Waals surface area contributed by atoms with E-state index >= 15 is 0 Å². The Bertz CT molecular complexity index is 308. The number of hydrogen-bond acceptors (Lipinski definition) is 3. The minimum absolute atomic E-state index is 0. The van der Waals surface area contributed by atoms with Crippen molar-refractivity contribution >= 4 is 18.4 Å². The lowest BCUT2D eigenvalue weighted by atomic mass is 10.0. The van der Waals surface area contributed by atoms with E-state index in [2.05, 4.69) is 10.5 Å². The van der Waals surface area contributed by atoms with Gasteiger partial charge >= 0.3 is 24.0 Å². The van der Waals surface area contributed by atoms with Gasteiger partial charge in [-0.25, -0.2) is 0 Å². The maximum Gasteiger partial charge on any atom is 0.459 e. The number of nitrogens with two attached hydrogens (primary N) is 1. The first-order chi connectivity index (χ1) is 7.88. The molecule has 0 aliphatic rings. The van der Waals surface area contributed by atoms with Crippen molar-refractivity contribution < 1.29 is 40.3 Å². The number of halogens is 8. The van der Waals surface area contributed by atoms with Gasteiger partial charge < -0.3 is 10.5 Å². The molecule has 3 nitrogen and oxygen atoms in total. The van der Waals surface area contributed by atoms with Crippen LogP contribution in [-0.4, -0.2) is 36.6 Å². The molecule has 0 amide bonds. The lowest BCUT2D eigenvalue weighted by Gasteiger charge is -2.31. The molecule has 0 rings (SSSR count). The Hall–Kier alpha value is -0.770. The monoisotopic (exact) mass is 321 g/mol. The summed E-state index contributed by atoms with van der Waals surface area (Å²) in [5.41, 5.74) is 4.53. The highest BCUT2D eigenvalue weighted by Crippen LogP contribution is 2.48. The Kier molecular flexibility index (Phi) is 7.13. The molecule has 0 saturated carbocycles. The summed E-state index contributed by atoms with van der Waals surface area (Å²) in [7, 11) is 0. The van der Waals surface area contributed by atoms with Gasteiger partial charge in [0.2, 0.25) is 0 Å². The molecule has 116 valence electrons. The second-order valence-corrected chi connectivity index (χ2v) is 3.31. The minimum Gasteiger partial charge on any atom is -0.466 e. The summed E-state index contributed by atoms with van der Waals surface area (Å²) < 4.78 is 90.2. The highest BCUT2D eigenvalue weighted by atomic mass is 35.5. The van der Waals surface area contributed by atoms with E-state index in [1.165, 1.54) is 6.92 Å². The van der Waals surface area contributed by atoms with Gasteiger partial charge in [0.1, 0.15) is 0 Å². The molecule has 0 aromatic carbocycles. The van der Waals surface area contributed by atoms with E-state index in [0.717, 1.165) is 0 Å². The van der Waals surface area contributed by atoms with Gasteiger partial charge in [0.05, 0.1) is 19.1 Å². The van der Waals surface area contributed by atoms with Crippen LogP contribution in [0.25, 0.3) is 0 Å². The summed E-state index contributed by atoms with van der Waals surface area (Å²) in [6.45, 7) is 1.05. The predicted molar refractivity (Wildman–Crippen MR) is 52.4 cm³/mol. The second-order valence-electron chi connectivity index (χ2n) is 3.31. The van der Waals surface area contributed by atoms with Gasteiger partial charge in [0.15, 0.2) is 0 Å². The van der Waals surface area contributed by atoms with Gasteiger partial charge in [-0.1, -0.05) is 0 Å². The molecular weight excluding hydrogens is 311 g/mol. The summed E-state index contributed by atoms with van der Waals surface area (Å²) in [6, 6.07) is -3.01. The number of ether oxygens (including phenoxy) is 1. The molecule has 0 heterocycles. The first-order valence-corrected chi connectivity index (χ1v) is 4.61. The van der Waals surface area contributed by atoms with Crippen LogP contribution < -0.4 is 5.73 Å². The highest BCUT2D eigenvalue weighted by molar-refractivity contribution is 5.85. The molecule has 11 heteroatoms. The molecule has 2 N–H and O–H groups in total. The van der Waals surface area contributed by atoms with E-state index in [1.807, 2.05) is 0 Å². The smallest absolute Gasteiger partial charge is 0.459 e. The van der Waals surface area contributed by atoms with Crippen LogP contribution in [0.15, 0.2) is 0 Å². The number of rotatable bonds is 5. The van der Waals surface area contributed by atoms with Gasteiger partial charge in [-0.3, -0.25) is 4.79 Å². The summed E-state index contributed by atoms with van der Waals surface area (Å²) in [5, 5.41) is 0. The zero-order chi connectivity index (χ0) is 14.8. The van der Waals surface area contributed by atoms with Crippen molar-refractivity contribution in [2.24, 2.45) is 5.73 Å².